The molecule has 3 aliphatic heterocycles. The number of aromatic carboxylic acids is 1. The van der Waals surface area contributed by atoms with Gasteiger partial charge in [0.2, 0.25) is 5.36 Å². The van der Waals surface area contributed by atoms with Gasteiger partial charge < -0.3 is 28.7 Å². The highest BCUT2D eigenvalue weighted by atomic mass is 35.5. The van der Waals surface area contributed by atoms with Gasteiger partial charge in [0, 0.05) is 109 Å². The Morgan fingerprint density at radius 3 is 2.09 bits per heavy atom. The van der Waals surface area contributed by atoms with E-state index in [0.717, 1.165) is 114 Å². The van der Waals surface area contributed by atoms with Crippen molar-refractivity contribution < 1.29 is 59.0 Å². The van der Waals surface area contributed by atoms with E-state index in [9.17, 15) is 27.9 Å². The molecule has 20 heteroatoms. The van der Waals surface area contributed by atoms with Crippen LogP contribution in [0, 0.1) is 0 Å². The van der Waals surface area contributed by atoms with Crippen LogP contribution < -0.4 is 19.9 Å². The first kappa shape index (κ1) is 60.8. The molecule has 0 bridgehead atoms. The Morgan fingerprint density at radius 2 is 1.39 bits per heavy atom. The van der Waals surface area contributed by atoms with E-state index in [1.165, 1.54) is 12.5 Å². The summed E-state index contributed by atoms with van der Waals surface area (Å²) in [5, 5.41) is 14.7. The summed E-state index contributed by atoms with van der Waals surface area (Å²) in [6.07, 6.45) is 9.14. The molecule has 0 spiro atoms. The highest BCUT2D eigenvalue weighted by Crippen LogP contribution is 2.42. The van der Waals surface area contributed by atoms with Crippen LogP contribution in [0.25, 0.3) is 33.4 Å². The van der Waals surface area contributed by atoms with Crippen LogP contribution >= 0.6 is 11.6 Å². The van der Waals surface area contributed by atoms with E-state index in [4.69, 9.17) is 42.7 Å². The fourth-order valence-electron chi connectivity index (χ4n) is 9.87. The fourth-order valence-corrected chi connectivity index (χ4v) is 10.6. The highest BCUT2D eigenvalue weighted by molar-refractivity contribution is 7.85. The molecule has 0 unspecified atom stereocenters. The molecule has 1 aliphatic carbocycles. The second kappa shape index (κ2) is 31.3. The zero-order valence-electron chi connectivity index (χ0n) is 44.1. The predicted octanol–water partition coefficient (Wildman–Crippen LogP) is 6.85. The molecule has 17 nitrogen and oxygen atoms in total. The van der Waals surface area contributed by atoms with Gasteiger partial charge in [0.15, 0.2) is 24.7 Å². The average molecular weight is 1120 g/mol. The monoisotopic (exact) mass is 1120 g/mol. The summed E-state index contributed by atoms with van der Waals surface area (Å²) in [5.74, 6) is -0.458. The Bertz CT molecular complexity index is 3020. The standard InChI is InChI=1S/C57H73ClN4O10S.O3S/c1-2-3-24-59-26-30-61(31-27-59)46-17-20-49-54(41-46)72-55-42-47(62-32-28-60(29-33-62)25-7-9-38-73(67,68)69)18-21-50(55)56(49)51-40-45(16-19-48(51)57(65)66)53(64)22-15-43-12-10-13-44(39-43)52(63)14-11-35-71-37-36-70-34-8-5-4-6-23-58;1-4(2)3/h10,12-13,16-21,39-42H,2-9,11,14-15,22-38H2,1H3,(H-,65,66,67,68,69);. The zero-order valence-corrected chi connectivity index (χ0v) is 46.5. The summed E-state index contributed by atoms with van der Waals surface area (Å²) < 4.78 is 77.3. The Kier molecular flexibility index (Phi) is 24.7. The molecule has 3 aromatic rings. The number of fused-ring (bicyclic) bond motifs is 2. The summed E-state index contributed by atoms with van der Waals surface area (Å²) in [6.45, 7) is 12.9. The number of piperazine rings is 2. The second-order valence-electron chi connectivity index (χ2n) is 19.6. The largest absolute Gasteiger partial charge is 0.545 e. The minimum Gasteiger partial charge on any atom is -0.545 e. The molecule has 3 aromatic carbocycles. The maximum Gasteiger partial charge on any atom is 0.425 e. The number of nitrogens with zero attached hydrogens (tertiary/aromatic N) is 4. The van der Waals surface area contributed by atoms with Crippen molar-refractivity contribution in [2.75, 3.05) is 108 Å². The van der Waals surface area contributed by atoms with Gasteiger partial charge in [0.25, 0.3) is 10.1 Å². The molecule has 3 heterocycles. The Labute approximate surface area is 459 Å². The lowest BCUT2D eigenvalue weighted by Gasteiger charge is -2.36. The first-order valence-corrected chi connectivity index (χ1v) is 30.0. The summed E-state index contributed by atoms with van der Waals surface area (Å²) in [5.41, 5.74) is 5.01. The number of unbranched alkanes of at least 4 members (excludes halogenated alkanes) is 5. The number of anilines is 1. The van der Waals surface area contributed by atoms with Gasteiger partial charge in [0.05, 0.1) is 44.1 Å². The van der Waals surface area contributed by atoms with Crippen LogP contribution in [-0.4, -0.2) is 156 Å². The summed E-state index contributed by atoms with van der Waals surface area (Å²) in [4.78, 5) is 47.3. The maximum atomic E-state index is 14.1. The van der Waals surface area contributed by atoms with Crippen molar-refractivity contribution in [2.45, 2.75) is 84.0 Å². The van der Waals surface area contributed by atoms with Crippen LogP contribution in [0.1, 0.15) is 114 Å². The third-order valence-corrected chi connectivity index (χ3v) is 15.1. The first-order chi connectivity index (χ1) is 37.1. The van der Waals surface area contributed by atoms with E-state index in [1.807, 2.05) is 48.5 Å². The van der Waals surface area contributed by atoms with E-state index in [-0.39, 0.29) is 29.3 Å². The number of alkyl halides is 1. The molecule has 0 amide bonds. The molecule has 1 N–H and O–H groups in total. The summed E-state index contributed by atoms with van der Waals surface area (Å²) in [7, 11) is -7.09. The van der Waals surface area contributed by atoms with Gasteiger partial charge in [-0.2, -0.15) is 8.42 Å². The van der Waals surface area contributed by atoms with Gasteiger partial charge in [-0.15, -0.1) is 24.2 Å². The van der Waals surface area contributed by atoms with Crippen LogP contribution in [0.5, 0.6) is 0 Å². The van der Waals surface area contributed by atoms with E-state index in [0.29, 0.717) is 109 Å². The molecule has 418 valence electrons. The number of carbonyl (C=O) groups is 3. The van der Waals surface area contributed by atoms with Gasteiger partial charge in [-0.05, 0) is 99.5 Å². The number of hydrogen-bond acceptors (Lipinski definition) is 15. The normalized spacial score (nSPS) is 14.4. The van der Waals surface area contributed by atoms with E-state index < -0.39 is 26.7 Å². The van der Waals surface area contributed by atoms with Gasteiger partial charge in [-0.25, -0.2) is 4.58 Å². The number of ketones is 2. The topological polar surface area (TPSA) is 224 Å². The van der Waals surface area contributed by atoms with Crippen molar-refractivity contribution >= 4 is 66.5 Å². The van der Waals surface area contributed by atoms with Crippen molar-refractivity contribution in [3.63, 3.8) is 0 Å². The van der Waals surface area contributed by atoms with Crippen LogP contribution in [0.15, 0.2) is 83.3 Å². The van der Waals surface area contributed by atoms with Crippen LogP contribution in [0.4, 0.5) is 5.69 Å². The van der Waals surface area contributed by atoms with E-state index in [1.54, 1.807) is 18.2 Å². The molecule has 2 fully saturated rings. The summed E-state index contributed by atoms with van der Waals surface area (Å²) >= 11 is 5.73. The SMILES string of the molecule is CCCCN1CC[N+](=c2ccc3c(-c4cc(C(=O)CCc5cccc(C(=O)CCCOCCOCCCCCCCl)c5)ccc4C(=O)[O-])c4ccc(N5CCN(CCCCS(=O)(=O)O)CC5)cc4oc-3c2)CC1.O=S(=O)=O. The molecular formula is C57H73ClN4O13S2. The Balaban J connectivity index is 0.00000232. The molecule has 0 aromatic heterocycles. The molecule has 0 saturated carbocycles. The van der Waals surface area contributed by atoms with Crippen molar-refractivity contribution in [3.8, 4) is 22.5 Å². The first-order valence-electron chi connectivity index (χ1n) is 26.9. The number of carboxylic acid groups (broad SMARTS) is 1. The minimum atomic E-state index is -3.98. The highest BCUT2D eigenvalue weighted by Gasteiger charge is 2.26. The lowest BCUT2D eigenvalue weighted by atomic mass is 9.88. The third-order valence-electron chi connectivity index (χ3n) is 14.1. The fraction of sp³-hybridized carbons (Fsp3) is 0.509. The molecule has 0 atom stereocenters. The van der Waals surface area contributed by atoms with E-state index >= 15 is 0 Å². The Hall–Kier alpha value is -5.38. The average Bonchev–Trinajstić information content (AvgIpc) is 3.42. The molecule has 0 radical (unpaired) electrons. The third kappa shape index (κ3) is 19.5. The number of hydrogen-bond donors (Lipinski definition) is 1. The van der Waals surface area contributed by atoms with E-state index in [2.05, 4.69) is 32.3 Å². The minimum absolute atomic E-state index is 0.0113. The number of carboxylic acids is 1. The van der Waals surface area contributed by atoms with Gasteiger partial charge in [-0.1, -0.05) is 56.5 Å². The molecule has 2 saturated heterocycles. The molecule has 7 rings (SSSR count). The number of benzene rings is 4. The second-order valence-corrected chi connectivity index (χ2v) is 21.9. The zero-order chi connectivity index (χ0) is 55.2. The number of Topliss-reactive ketones (excluding diaryl/α,β-unsaturated/α-hetero) is 2. The number of aryl methyl sites for hydroxylation is 1. The van der Waals surface area contributed by atoms with Gasteiger partial charge in [-0.3, -0.25) is 23.9 Å². The Morgan fingerprint density at radius 1 is 0.714 bits per heavy atom. The lowest BCUT2D eigenvalue weighted by molar-refractivity contribution is -0.254. The molecule has 4 aliphatic rings. The molecular weight excluding hydrogens is 1050 g/mol. The number of carbonyl (C=O) groups excluding carboxylic acids is 3. The van der Waals surface area contributed by atoms with Gasteiger partial charge in [0.1, 0.15) is 11.3 Å². The van der Waals surface area contributed by atoms with Gasteiger partial charge >= 0.3 is 10.6 Å². The lowest BCUT2D eigenvalue weighted by Crippen LogP contribution is -2.48. The van der Waals surface area contributed by atoms with Crippen LogP contribution in [-0.2, 0) is 36.6 Å². The van der Waals surface area contributed by atoms with Crippen molar-refractivity contribution in [3.05, 3.63) is 106 Å². The smallest absolute Gasteiger partial charge is 0.425 e. The number of halogens is 1. The maximum absolute atomic E-state index is 14.1. The predicted molar refractivity (Wildman–Crippen MR) is 296 cm³/mol. The van der Waals surface area contributed by atoms with Crippen molar-refractivity contribution in [1.29, 1.82) is 0 Å². The van der Waals surface area contributed by atoms with Crippen molar-refractivity contribution in [2.24, 2.45) is 0 Å². The van der Waals surface area contributed by atoms with Crippen LogP contribution in [0.2, 0.25) is 0 Å². The summed E-state index contributed by atoms with van der Waals surface area (Å²) in [6, 6.07) is 24.2. The van der Waals surface area contributed by atoms with Crippen LogP contribution in [0.3, 0.4) is 0 Å². The quantitative estimate of drug-likeness (QED) is 0.0129. The molecule has 77 heavy (non-hydrogen) atoms. The van der Waals surface area contributed by atoms with Crippen molar-refractivity contribution in [1.82, 2.24) is 14.4 Å². The number of rotatable bonds is 29. The number of ether oxygens (including phenoxy) is 2.